The van der Waals surface area contributed by atoms with E-state index < -0.39 is 5.97 Å². The molecule has 0 radical (unpaired) electrons. The Hall–Kier alpha value is -2.43. The summed E-state index contributed by atoms with van der Waals surface area (Å²) in [5, 5.41) is 8.72. The molecule has 5 nitrogen and oxygen atoms in total. The second kappa shape index (κ2) is 5.27. The highest BCUT2D eigenvalue weighted by molar-refractivity contribution is 5.70. The Kier molecular flexibility index (Phi) is 3.52. The second-order valence-corrected chi connectivity index (χ2v) is 3.76. The van der Waals surface area contributed by atoms with Crippen LogP contribution in [-0.2, 0) is 11.2 Å². The first-order chi connectivity index (χ1) is 8.63. The second-order valence-electron chi connectivity index (χ2n) is 3.76. The summed E-state index contributed by atoms with van der Waals surface area (Å²) in [4.78, 5) is 18.7. The Morgan fingerprint density at radius 1 is 1.39 bits per heavy atom. The van der Waals surface area contributed by atoms with Crippen molar-refractivity contribution in [2.75, 3.05) is 0 Å². The minimum Gasteiger partial charge on any atom is -0.481 e. The van der Waals surface area contributed by atoms with Crippen LogP contribution in [0.1, 0.15) is 11.4 Å². The molecule has 0 unspecified atom stereocenters. The van der Waals surface area contributed by atoms with E-state index in [-0.39, 0.29) is 6.42 Å². The monoisotopic (exact) mass is 244 g/mol. The smallest absolute Gasteiger partial charge is 0.307 e. The molecular weight excluding hydrogens is 232 g/mol. The molecule has 0 saturated carbocycles. The Morgan fingerprint density at radius 3 is 2.94 bits per heavy atom. The zero-order chi connectivity index (χ0) is 13.0. The van der Waals surface area contributed by atoms with Gasteiger partial charge in [0, 0.05) is 12.3 Å². The molecule has 0 atom stereocenters. The van der Waals surface area contributed by atoms with Gasteiger partial charge in [-0.2, -0.15) is 4.98 Å². The van der Waals surface area contributed by atoms with Gasteiger partial charge in [-0.15, -0.1) is 0 Å². The normalized spacial score (nSPS) is 10.1. The number of carbonyl (C=O) groups is 1. The molecule has 1 N–H and O–H groups in total. The third-order valence-corrected chi connectivity index (χ3v) is 2.23. The molecule has 92 valence electrons. The van der Waals surface area contributed by atoms with Gasteiger partial charge in [0.1, 0.15) is 11.6 Å². The van der Waals surface area contributed by atoms with E-state index in [1.165, 1.54) is 0 Å². The van der Waals surface area contributed by atoms with Gasteiger partial charge in [-0.05, 0) is 24.6 Å². The number of benzene rings is 1. The van der Waals surface area contributed by atoms with Crippen LogP contribution in [0.5, 0.6) is 11.6 Å². The number of hydrogen-bond acceptors (Lipinski definition) is 4. The molecule has 0 aliphatic rings. The summed E-state index contributed by atoms with van der Waals surface area (Å²) >= 11 is 0. The lowest BCUT2D eigenvalue weighted by Gasteiger charge is -2.06. The van der Waals surface area contributed by atoms with Crippen molar-refractivity contribution in [3.63, 3.8) is 0 Å². The van der Waals surface area contributed by atoms with Gasteiger partial charge >= 0.3 is 5.97 Å². The third-order valence-electron chi connectivity index (χ3n) is 2.23. The number of rotatable bonds is 4. The maximum absolute atomic E-state index is 10.6. The van der Waals surface area contributed by atoms with E-state index >= 15 is 0 Å². The first kappa shape index (κ1) is 12.0. The van der Waals surface area contributed by atoms with E-state index in [4.69, 9.17) is 9.84 Å². The highest BCUT2D eigenvalue weighted by atomic mass is 16.5. The number of ether oxygens (including phenoxy) is 1. The summed E-state index contributed by atoms with van der Waals surface area (Å²) in [6.07, 6.45) is 1.58. The molecule has 18 heavy (non-hydrogen) atoms. The highest BCUT2D eigenvalue weighted by Crippen LogP contribution is 2.20. The topological polar surface area (TPSA) is 72.3 Å². The summed E-state index contributed by atoms with van der Waals surface area (Å²) in [7, 11) is 0. The van der Waals surface area contributed by atoms with Crippen LogP contribution in [0.3, 0.4) is 0 Å². The standard InChI is InChI=1S/C13H12N2O3/c1-9-14-6-5-12(15-9)18-11-4-2-3-10(7-11)8-13(16)17/h2-7H,8H2,1H3,(H,16,17). The van der Waals surface area contributed by atoms with Crippen molar-refractivity contribution in [3.05, 3.63) is 47.9 Å². The van der Waals surface area contributed by atoms with E-state index in [1.807, 2.05) is 0 Å². The zero-order valence-electron chi connectivity index (χ0n) is 9.83. The van der Waals surface area contributed by atoms with Crippen LogP contribution >= 0.6 is 0 Å². The molecule has 0 bridgehead atoms. The predicted octanol–water partition coefficient (Wildman–Crippen LogP) is 2.20. The van der Waals surface area contributed by atoms with Gasteiger partial charge in [-0.1, -0.05) is 12.1 Å². The number of nitrogens with zero attached hydrogens (tertiary/aromatic N) is 2. The molecule has 2 aromatic rings. The largest absolute Gasteiger partial charge is 0.481 e. The van der Waals surface area contributed by atoms with Crippen LogP contribution in [0.25, 0.3) is 0 Å². The molecule has 0 amide bonds. The Bertz CT molecular complexity index is 570. The Labute approximate surface area is 104 Å². The lowest BCUT2D eigenvalue weighted by molar-refractivity contribution is -0.136. The maximum atomic E-state index is 10.6. The van der Waals surface area contributed by atoms with Crippen molar-refractivity contribution in [2.24, 2.45) is 0 Å². The van der Waals surface area contributed by atoms with Crippen molar-refractivity contribution < 1.29 is 14.6 Å². The number of aryl methyl sites for hydroxylation is 1. The number of carboxylic acid groups (broad SMARTS) is 1. The van der Waals surface area contributed by atoms with Gasteiger partial charge in [0.2, 0.25) is 5.88 Å². The van der Waals surface area contributed by atoms with Gasteiger partial charge in [0.15, 0.2) is 0 Å². The molecule has 1 aromatic heterocycles. The minimum atomic E-state index is -0.870. The summed E-state index contributed by atoms with van der Waals surface area (Å²) in [6.45, 7) is 1.77. The van der Waals surface area contributed by atoms with Gasteiger partial charge in [-0.25, -0.2) is 4.98 Å². The first-order valence-electron chi connectivity index (χ1n) is 5.42. The molecule has 2 rings (SSSR count). The Morgan fingerprint density at radius 2 is 2.22 bits per heavy atom. The molecule has 0 aliphatic heterocycles. The lowest BCUT2D eigenvalue weighted by atomic mass is 10.1. The molecule has 1 heterocycles. The van der Waals surface area contributed by atoms with Crippen LogP contribution in [0.4, 0.5) is 0 Å². The number of aromatic nitrogens is 2. The molecule has 1 aromatic carbocycles. The molecule has 0 saturated heterocycles. The van der Waals surface area contributed by atoms with Gasteiger partial charge < -0.3 is 9.84 Å². The van der Waals surface area contributed by atoms with E-state index in [1.54, 1.807) is 43.5 Å². The SMILES string of the molecule is Cc1nccc(Oc2cccc(CC(=O)O)c2)n1. The van der Waals surface area contributed by atoms with Gasteiger partial charge in [-0.3, -0.25) is 4.79 Å². The number of aliphatic carboxylic acids is 1. The minimum absolute atomic E-state index is 0.0278. The lowest BCUT2D eigenvalue weighted by Crippen LogP contribution is -2.00. The quantitative estimate of drug-likeness (QED) is 0.892. The van der Waals surface area contributed by atoms with Crippen molar-refractivity contribution in [1.29, 1.82) is 0 Å². The van der Waals surface area contributed by atoms with Crippen molar-refractivity contribution in [2.45, 2.75) is 13.3 Å². The fourth-order valence-electron chi connectivity index (χ4n) is 1.51. The predicted molar refractivity (Wildman–Crippen MR) is 64.6 cm³/mol. The van der Waals surface area contributed by atoms with Crippen LogP contribution in [0.15, 0.2) is 36.5 Å². The van der Waals surface area contributed by atoms with Crippen LogP contribution < -0.4 is 4.74 Å². The van der Waals surface area contributed by atoms with Crippen LogP contribution in [0, 0.1) is 6.92 Å². The molecule has 0 spiro atoms. The van der Waals surface area contributed by atoms with Crippen molar-refractivity contribution in [1.82, 2.24) is 9.97 Å². The summed E-state index contributed by atoms with van der Waals surface area (Å²) in [5.74, 6) is 0.751. The van der Waals surface area contributed by atoms with Crippen LogP contribution in [-0.4, -0.2) is 21.0 Å². The molecule has 0 aliphatic carbocycles. The fourth-order valence-corrected chi connectivity index (χ4v) is 1.51. The zero-order valence-corrected chi connectivity index (χ0v) is 9.83. The van der Waals surface area contributed by atoms with Crippen LogP contribution in [0.2, 0.25) is 0 Å². The van der Waals surface area contributed by atoms with E-state index in [0.717, 1.165) is 0 Å². The Balaban J connectivity index is 2.16. The highest BCUT2D eigenvalue weighted by Gasteiger charge is 2.03. The molecular formula is C13H12N2O3. The summed E-state index contributed by atoms with van der Waals surface area (Å²) < 4.78 is 5.54. The third kappa shape index (κ3) is 3.28. The summed E-state index contributed by atoms with van der Waals surface area (Å²) in [6, 6.07) is 8.58. The molecule has 5 heteroatoms. The van der Waals surface area contributed by atoms with E-state index in [9.17, 15) is 4.79 Å². The van der Waals surface area contributed by atoms with Gasteiger partial charge in [0.25, 0.3) is 0 Å². The fraction of sp³-hybridized carbons (Fsp3) is 0.154. The molecule has 0 fully saturated rings. The number of hydrogen-bond donors (Lipinski definition) is 1. The van der Waals surface area contributed by atoms with Crippen molar-refractivity contribution in [3.8, 4) is 11.6 Å². The van der Waals surface area contributed by atoms with E-state index in [2.05, 4.69) is 9.97 Å². The van der Waals surface area contributed by atoms with Crippen molar-refractivity contribution >= 4 is 5.97 Å². The maximum Gasteiger partial charge on any atom is 0.307 e. The number of carboxylic acids is 1. The average Bonchev–Trinajstić information content (AvgIpc) is 2.28. The van der Waals surface area contributed by atoms with E-state index in [0.29, 0.717) is 23.0 Å². The average molecular weight is 244 g/mol. The van der Waals surface area contributed by atoms with Gasteiger partial charge in [0.05, 0.1) is 6.42 Å². The summed E-state index contributed by atoms with van der Waals surface area (Å²) in [5.41, 5.74) is 0.686. The first-order valence-corrected chi connectivity index (χ1v) is 5.42.